The smallest absolute Gasteiger partial charge is 0.319 e. The molecule has 2 N–H and O–H groups in total. The maximum absolute atomic E-state index is 12.2. The summed E-state index contributed by atoms with van der Waals surface area (Å²) in [6, 6.07) is 20.2. The molecule has 1 unspecified atom stereocenters. The Kier molecular flexibility index (Phi) is 5.83. The summed E-state index contributed by atoms with van der Waals surface area (Å²) in [7, 11) is 0. The first-order valence-corrected chi connectivity index (χ1v) is 9.96. The summed E-state index contributed by atoms with van der Waals surface area (Å²) < 4.78 is 0. The third-order valence-electron chi connectivity index (χ3n) is 5.37. The zero-order chi connectivity index (χ0) is 19.2. The number of anilines is 1. The molecular weight excluding hydrogens is 348 g/mol. The normalized spacial score (nSPS) is 17.4. The molecule has 0 aliphatic carbocycles. The van der Waals surface area contributed by atoms with E-state index < -0.39 is 0 Å². The van der Waals surface area contributed by atoms with E-state index in [4.69, 9.17) is 0 Å². The van der Waals surface area contributed by atoms with E-state index in [1.165, 1.54) is 23.8 Å². The first-order valence-electron chi connectivity index (χ1n) is 9.96. The monoisotopic (exact) mass is 374 g/mol. The van der Waals surface area contributed by atoms with Gasteiger partial charge in [-0.2, -0.15) is 0 Å². The highest BCUT2D eigenvalue weighted by Crippen LogP contribution is 2.23. The average Bonchev–Trinajstić information content (AvgIpc) is 2.74. The van der Waals surface area contributed by atoms with Crippen LogP contribution in [0.2, 0.25) is 0 Å². The lowest BCUT2D eigenvalue weighted by Crippen LogP contribution is -2.47. The number of piperidine rings is 1. The molecule has 4 rings (SSSR count). The van der Waals surface area contributed by atoms with Crippen LogP contribution in [0.25, 0.3) is 10.9 Å². The van der Waals surface area contributed by atoms with Crippen LogP contribution in [-0.4, -0.2) is 35.0 Å². The fourth-order valence-corrected chi connectivity index (χ4v) is 3.92. The molecule has 0 bridgehead atoms. The second-order valence-corrected chi connectivity index (χ2v) is 7.31. The highest BCUT2D eigenvalue weighted by atomic mass is 16.2. The minimum atomic E-state index is -0.149. The quantitative estimate of drug-likeness (QED) is 0.695. The van der Waals surface area contributed by atoms with Gasteiger partial charge in [-0.25, -0.2) is 4.79 Å². The SMILES string of the molecule is O=C(NCC1CCCCN1Cc1cccc2cccnc12)Nc1ccccc1. The number of rotatable bonds is 5. The van der Waals surface area contributed by atoms with E-state index in [1.54, 1.807) is 0 Å². The van der Waals surface area contributed by atoms with Crippen LogP contribution in [0.1, 0.15) is 24.8 Å². The van der Waals surface area contributed by atoms with Crippen LogP contribution in [0.15, 0.2) is 66.9 Å². The van der Waals surface area contributed by atoms with E-state index in [1.807, 2.05) is 42.6 Å². The van der Waals surface area contributed by atoms with Crippen molar-refractivity contribution >= 4 is 22.6 Å². The summed E-state index contributed by atoms with van der Waals surface area (Å²) in [5, 5.41) is 7.11. The largest absolute Gasteiger partial charge is 0.336 e. The molecule has 0 radical (unpaired) electrons. The maximum Gasteiger partial charge on any atom is 0.319 e. The highest BCUT2D eigenvalue weighted by molar-refractivity contribution is 5.89. The van der Waals surface area contributed by atoms with Crippen molar-refractivity contribution in [2.24, 2.45) is 0 Å². The standard InChI is InChI=1S/C23H26N4O/c28-23(26-20-11-2-1-3-12-20)25-16-21-13-4-5-15-27(21)17-19-9-6-8-18-10-7-14-24-22(18)19/h1-3,6-12,14,21H,4-5,13,15-17H2,(H2,25,26,28). The molecule has 0 spiro atoms. The molecular formula is C23H26N4O. The number of fused-ring (bicyclic) bond motifs is 1. The van der Waals surface area contributed by atoms with E-state index >= 15 is 0 Å². The molecule has 2 aromatic carbocycles. The van der Waals surface area contributed by atoms with Crippen molar-refractivity contribution in [1.82, 2.24) is 15.2 Å². The lowest BCUT2D eigenvalue weighted by Gasteiger charge is -2.36. The van der Waals surface area contributed by atoms with Gasteiger partial charge in [-0.05, 0) is 43.1 Å². The topological polar surface area (TPSA) is 57.3 Å². The molecule has 1 aromatic heterocycles. The van der Waals surface area contributed by atoms with Gasteiger partial charge < -0.3 is 10.6 Å². The predicted octanol–water partition coefficient (Wildman–Crippen LogP) is 4.41. The van der Waals surface area contributed by atoms with Gasteiger partial charge in [0.1, 0.15) is 0 Å². The average molecular weight is 374 g/mol. The molecule has 1 saturated heterocycles. The number of benzene rings is 2. The Balaban J connectivity index is 1.39. The van der Waals surface area contributed by atoms with Crippen LogP contribution in [0.5, 0.6) is 0 Å². The summed E-state index contributed by atoms with van der Waals surface area (Å²) in [6.07, 6.45) is 5.36. The third-order valence-corrected chi connectivity index (χ3v) is 5.37. The molecule has 0 saturated carbocycles. The lowest BCUT2D eigenvalue weighted by molar-refractivity contribution is 0.139. The molecule has 2 amide bonds. The second-order valence-electron chi connectivity index (χ2n) is 7.31. The molecule has 5 heteroatoms. The number of carbonyl (C=O) groups excluding carboxylic acids is 1. The minimum absolute atomic E-state index is 0.149. The first kappa shape index (κ1) is 18.4. The summed E-state index contributed by atoms with van der Waals surface area (Å²) in [5.41, 5.74) is 3.13. The maximum atomic E-state index is 12.2. The van der Waals surface area contributed by atoms with Gasteiger partial charge in [0.25, 0.3) is 0 Å². The molecule has 2 heterocycles. The van der Waals surface area contributed by atoms with Gasteiger partial charge in [-0.1, -0.05) is 48.9 Å². The molecule has 1 aliphatic heterocycles. The number of nitrogens with one attached hydrogen (secondary N) is 2. The van der Waals surface area contributed by atoms with Gasteiger partial charge in [0, 0.05) is 36.4 Å². The van der Waals surface area contributed by atoms with Gasteiger partial charge >= 0.3 is 6.03 Å². The van der Waals surface area contributed by atoms with Gasteiger partial charge in [0.2, 0.25) is 0 Å². The highest BCUT2D eigenvalue weighted by Gasteiger charge is 2.23. The van der Waals surface area contributed by atoms with Crippen LogP contribution in [0, 0.1) is 0 Å². The van der Waals surface area contributed by atoms with Crippen molar-refractivity contribution in [2.75, 3.05) is 18.4 Å². The Labute approximate surface area is 165 Å². The number of nitrogens with zero attached hydrogens (tertiary/aromatic N) is 2. The number of pyridine rings is 1. The van der Waals surface area contributed by atoms with E-state index in [0.29, 0.717) is 12.6 Å². The van der Waals surface area contributed by atoms with Crippen LogP contribution >= 0.6 is 0 Å². The number of carbonyl (C=O) groups is 1. The molecule has 28 heavy (non-hydrogen) atoms. The minimum Gasteiger partial charge on any atom is -0.336 e. The fourth-order valence-electron chi connectivity index (χ4n) is 3.92. The van der Waals surface area contributed by atoms with E-state index in [0.717, 1.165) is 30.7 Å². The first-order chi connectivity index (χ1) is 13.8. The fraction of sp³-hybridized carbons (Fsp3) is 0.304. The number of likely N-dealkylation sites (tertiary alicyclic amines) is 1. The van der Waals surface area contributed by atoms with Crippen LogP contribution in [-0.2, 0) is 6.54 Å². The summed E-state index contributed by atoms with van der Waals surface area (Å²) in [4.78, 5) is 19.3. The van der Waals surface area contributed by atoms with Crippen molar-refractivity contribution in [3.8, 4) is 0 Å². The molecule has 5 nitrogen and oxygen atoms in total. The third kappa shape index (κ3) is 4.49. The summed E-state index contributed by atoms with van der Waals surface area (Å²) >= 11 is 0. The molecule has 144 valence electrons. The van der Waals surface area contributed by atoms with E-state index in [9.17, 15) is 4.79 Å². The Bertz CT molecular complexity index is 923. The predicted molar refractivity (Wildman–Crippen MR) is 113 cm³/mol. The van der Waals surface area contributed by atoms with Gasteiger partial charge in [-0.3, -0.25) is 9.88 Å². The lowest BCUT2D eigenvalue weighted by atomic mass is 10.0. The van der Waals surface area contributed by atoms with Crippen molar-refractivity contribution in [1.29, 1.82) is 0 Å². The van der Waals surface area contributed by atoms with Crippen LogP contribution < -0.4 is 10.6 Å². The Morgan fingerprint density at radius 3 is 2.79 bits per heavy atom. The van der Waals surface area contributed by atoms with E-state index in [-0.39, 0.29) is 6.03 Å². The summed E-state index contributed by atoms with van der Waals surface area (Å²) in [6.45, 7) is 2.56. The van der Waals surface area contributed by atoms with E-state index in [2.05, 4.69) is 44.8 Å². The second kappa shape index (κ2) is 8.85. The molecule has 1 aliphatic rings. The van der Waals surface area contributed by atoms with Crippen LogP contribution in [0.3, 0.4) is 0 Å². The summed E-state index contributed by atoms with van der Waals surface area (Å²) in [5.74, 6) is 0. The number of amides is 2. The Hall–Kier alpha value is -2.92. The number of aromatic nitrogens is 1. The zero-order valence-electron chi connectivity index (χ0n) is 16.0. The van der Waals surface area contributed by atoms with Crippen molar-refractivity contribution in [3.63, 3.8) is 0 Å². The molecule has 1 fully saturated rings. The van der Waals surface area contributed by atoms with Gasteiger partial charge in [0.15, 0.2) is 0 Å². The number of hydrogen-bond donors (Lipinski definition) is 2. The number of hydrogen-bond acceptors (Lipinski definition) is 3. The van der Waals surface area contributed by atoms with Crippen molar-refractivity contribution < 1.29 is 4.79 Å². The zero-order valence-corrected chi connectivity index (χ0v) is 16.0. The Morgan fingerprint density at radius 2 is 1.89 bits per heavy atom. The van der Waals surface area contributed by atoms with Gasteiger partial charge in [-0.15, -0.1) is 0 Å². The molecule has 3 aromatic rings. The van der Waals surface area contributed by atoms with Crippen molar-refractivity contribution in [2.45, 2.75) is 31.8 Å². The van der Waals surface area contributed by atoms with Gasteiger partial charge in [0.05, 0.1) is 5.52 Å². The molecule has 1 atom stereocenters. The van der Waals surface area contributed by atoms with Crippen LogP contribution in [0.4, 0.5) is 10.5 Å². The number of para-hydroxylation sites is 2. The Morgan fingerprint density at radius 1 is 1.04 bits per heavy atom. The number of urea groups is 1. The van der Waals surface area contributed by atoms with Crippen molar-refractivity contribution in [3.05, 3.63) is 72.4 Å².